The van der Waals surface area contributed by atoms with Gasteiger partial charge in [0.2, 0.25) is 0 Å². The normalized spacial score (nSPS) is 23.9. The number of β-amino-alcohol motifs (C(OH)–C–C–N with tert-alkyl or cyclic N) is 1. The van der Waals surface area contributed by atoms with Gasteiger partial charge >= 0.3 is 0 Å². The number of aliphatic hydroxyl groups excluding tert-OH is 1. The van der Waals surface area contributed by atoms with Crippen LogP contribution in [0.5, 0.6) is 0 Å². The molecule has 0 spiro atoms. The van der Waals surface area contributed by atoms with Crippen LogP contribution in [0.3, 0.4) is 0 Å². The van der Waals surface area contributed by atoms with Gasteiger partial charge in [-0.15, -0.1) is 5.10 Å². The highest BCUT2D eigenvalue weighted by molar-refractivity contribution is 9.10. The van der Waals surface area contributed by atoms with Crippen molar-refractivity contribution in [3.8, 4) is 0 Å². The number of aliphatic hydroxyl groups is 1. The number of hydrogen-bond donors (Lipinski definition) is 1. The highest BCUT2D eigenvalue weighted by Gasteiger charge is 2.33. The van der Waals surface area contributed by atoms with E-state index in [0.717, 1.165) is 23.1 Å². The molecule has 0 unspecified atom stereocenters. The molecule has 1 aliphatic rings. The molecule has 100 valence electrons. The molecule has 0 amide bonds. The number of hydrogen-bond acceptors (Lipinski definition) is 5. The van der Waals surface area contributed by atoms with Crippen LogP contribution in [0.2, 0.25) is 0 Å². The Morgan fingerprint density at radius 3 is 3.00 bits per heavy atom. The zero-order valence-electron chi connectivity index (χ0n) is 10.2. The number of pyridine rings is 1. The van der Waals surface area contributed by atoms with Gasteiger partial charge in [0.25, 0.3) is 0 Å². The molecule has 1 N–H and O–H groups in total. The fourth-order valence-electron chi connectivity index (χ4n) is 2.43. The third-order valence-electron chi connectivity index (χ3n) is 3.28. The first-order chi connectivity index (χ1) is 9.22. The molecular weight excluding hydrogens is 310 g/mol. The fraction of sp³-hybridized carbons (Fsp3) is 0.417. The van der Waals surface area contributed by atoms with Gasteiger partial charge in [0, 0.05) is 42.7 Å². The third kappa shape index (κ3) is 2.83. The van der Waals surface area contributed by atoms with Crippen LogP contribution in [0, 0.1) is 0 Å². The molecule has 3 rings (SSSR count). The smallest absolute Gasteiger partial charge is 0.0935 e. The van der Waals surface area contributed by atoms with Crippen LogP contribution in [-0.2, 0) is 6.54 Å². The predicted octanol–water partition coefficient (Wildman–Crippen LogP) is 0.853. The van der Waals surface area contributed by atoms with Crippen LogP contribution in [0.25, 0.3) is 0 Å². The number of aromatic nitrogens is 4. The summed E-state index contributed by atoms with van der Waals surface area (Å²) in [6.07, 6.45) is 6.62. The summed E-state index contributed by atoms with van der Waals surface area (Å²) in [4.78, 5) is 6.35. The van der Waals surface area contributed by atoms with Gasteiger partial charge in [-0.25, -0.2) is 4.68 Å². The Labute approximate surface area is 119 Å². The molecule has 2 atom stereocenters. The second-order valence-electron chi connectivity index (χ2n) is 4.72. The van der Waals surface area contributed by atoms with Crippen molar-refractivity contribution in [1.29, 1.82) is 0 Å². The molecule has 7 heteroatoms. The SMILES string of the molecule is O[C@@H]1CN(Cc2cncc(Br)c2)C[C@H]1n1ccnn1. The van der Waals surface area contributed by atoms with Crippen molar-refractivity contribution < 1.29 is 5.11 Å². The Balaban J connectivity index is 1.68. The van der Waals surface area contributed by atoms with Crippen molar-refractivity contribution in [2.75, 3.05) is 13.1 Å². The lowest BCUT2D eigenvalue weighted by molar-refractivity contribution is 0.138. The first-order valence-electron chi connectivity index (χ1n) is 6.08. The average Bonchev–Trinajstić information content (AvgIpc) is 2.98. The quantitative estimate of drug-likeness (QED) is 0.907. The van der Waals surface area contributed by atoms with E-state index in [2.05, 4.69) is 36.1 Å². The summed E-state index contributed by atoms with van der Waals surface area (Å²) in [5, 5.41) is 17.9. The molecule has 0 bridgehead atoms. The minimum atomic E-state index is -0.415. The van der Waals surface area contributed by atoms with Crippen molar-refractivity contribution in [3.05, 3.63) is 40.9 Å². The summed E-state index contributed by atoms with van der Waals surface area (Å²) in [6.45, 7) is 2.17. The van der Waals surface area contributed by atoms with Crippen LogP contribution in [0.15, 0.2) is 35.3 Å². The highest BCUT2D eigenvalue weighted by atomic mass is 79.9. The number of halogens is 1. The van der Waals surface area contributed by atoms with Crippen LogP contribution in [0.4, 0.5) is 0 Å². The van der Waals surface area contributed by atoms with E-state index in [4.69, 9.17) is 0 Å². The molecule has 0 aliphatic carbocycles. The van der Waals surface area contributed by atoms with Gasteiger partial charge in [-0.3, -0.25) is 9.88 Å². The Morgan fingerprint density at radius 1 is 1.37 bits per heavy atom. The van der Waals surface area contributed by atoms with Crippen molar-refractivity contribution in [1.82, 2.24) is 24.9 Å². The Morgan fingerprint density at radius 2 is 2.26 bits per heavy atom. The van der Waals surface area contributed by atoms with E-state index in [9.17, 15) is 5.11 Å². The Bertz CT molecular complexity index is 547. The van der Waals surface area contributed by atoms with Crippen molar-refractivity contribution in [3.63, 3.8) is 0 Å². The second kappa shape index (κ2) is 5.36. The first kappa shape index (κ1) is 12.7. The van der Waals surface area contributed by atoms with E-state index < -0.39 is 6.10 Å². The third-order valence-corrected chi connectivity index (χ3v) is 3.72. The Kier molecular flexibility index (Phi) is 3.58. The van der Waals surface area contributed by atoms with Crippen LogP contribution in [-0.4, -0.2) is 49.2 Å². The average molecular weight is 324 g/mol. The lowest BCUT2D eigenvalue weighted by Crippen LogP contribution is -2.22. The van der Waals surface area contributed by atoms with Gasteiger partial charge in [-0.1, -0.05) is 5.21 Å². The molecule has 2 aromatic heterocycles. The number of nitrogens with zero attached hydrogens (tertiary/aromatic N) is 5. The van der Waals surface area contributed by atoms with Gasteiger partial charge in [0.1, 0.15) is 0 Å². The molecule has 6 nitrogen and oxygen atoms in total. The molecule has 2 aromatic rings. The van der Waals surface area contributed by atoms with Crippen molar-refractivity contribution in [2.45, 2.75) is 18.7 Å². The van der Waals surface area contributed by atoms with Gasteiger partial charge < -0.3 is 5.11 Å². The highest BCUT2D eigenvalue weighted by Crippen LogP contribution is 2.23. The van der Waals surface area contributed by atoms with E-state index in [0.29, 0.717) is 6.54 Å². The van der Waals surface area contributed by atoms with Crippen molar-refractivity contribution >= 4 is 15.9 Å². The minimum Gasteiger partial charge on any atom is -0.390 e. The molecule has 1 aliphatic heterocycles. The van der Waals surface area contributed by atoms with Gasteiger partial charge in [0.05, 0.1) is 18.3 Å². The van der Waals surface area contributed by atoms with E-state index in [1.165, 1.54) is 0 Å². The summed E-state index contributed by atoms with van der Waals surface area (Å²) < 4.78 is 2.70. The maximum atomic E-state index is 10.1. The van der Waals surface area contributed by atoms with E-state index in [-0.39, 0.29) is 6.04 Å². The van der Waals surface area contributed by atoms with Gasteiger partial charge in [0.15, 0.2) is 0 Å². The molecule has 19 heavy (non-hydrogen) atoms. The second-order valence-corrected chi connectivity index (χ2v) is 5.64. The van der Waals surface area contributed by atoms with E-state index >= 15 is 0 Å². The summed E-state index contributed by atoms with van der Waals surface area (Å²) in [6, 6.07) is 2.02. The monoisotopic (exact) mass is 323 g/mol. The van der Waals surface area contributed by atoms with Crippen LogP contribution < -0.4 is 0 Å². The topological polar surface area (TPSA) is 67.1 Å². The standard InChI is InChI=1S/C12H14BrN5O/c13-10-3-9(4-14-5-10)6-17-7-11(12(19)8-17)18-2-1-15-16-18/h1-5,11-12,19H,6-8H2/t11-,12-/m1/s1. The number of rotatable bonds is 3. The summed E-state index contributed by atoms with van der Waals surface area (Å²) in [5.41, 5.74) is 1.13. The van der Waals surface area contributed by atoms with Gasteiger partial charge in [-0.2, -0.15) is 0 Å². The lowest BCUT2D eigenvalue weighted by atomic mass is 10.2. The Hall–Kier alpha value is -1.31. The zero-order chi connectivity index (χ0) is 13.2. The minimum absolute atomic E-state index is 0.0254. The van der Waals surface area contributed by atoms with Crippen LogP contribution in [0.1, 0.15) is 11.6 Å². The summed E-state index contributed by atoms with van der Waals surface area (Å²) in [7, 11) is 0. The summed E-state index contributed by atoms with van der Waals surface area (Å²) >= 11 is 3.41. The summed E-state index contributed by atoms with van der Waals surface area (Å²) in [5.74, 6) is 0. The molecule has 0 saturated carbocycles. The lowest BCUT2D eigenvalue weighted by Gasteiger charge is -2.15. The van der Waals surface area contributed by atoms with Crippen LogP contribution >= 0.6 is 15.9 Å². The van der Waals surface area contributed by atoms with E-state index in [1.807, 2.05) is 12.3 Å². The predicted molar refractivity (Wildman–Crippen MR) is 72.3 cm³/mol. The largest absolute Gasteiger partial charge is 0.390 e. The maximum absolute atomic E-state index is 10.1. The zero-order valence-corrected chi connectivity index (χ0v) is 11.8. The maximum Gasteiger partial charge on any atom is 0.0935 e. The molecule has 3 heterocycles. The molecular formula is C12H14BrN5O. The molecule has 0 aromatic carbocycles. The van der Waals surface area contributed by atoms with Crippen molar-refractivity contribution in [2.24, 2.45) is 0 Å². The molecule has 0 radical (unpaired) electrons. The molecule has 1 fully saturated rings. The fourth-order valence-corrected chi connectivity index (χ4v) is 2.84. The van der Waals surface area contributed by atoms with Gasteiger partial charge in [-0.05, 0) is 27.6 Å². The number of likely N-dealkylation sites (tertiary alicyclic amines) is 1. The first-order valence-corrected chi connectivity index (χ1v) is 6.87. The molecule has 1 saturated heterocycles. The van der Waals surface area contributed by atoms with E-state index in [1.54, 1.807) is 23.3 Å².